The number of amides is 2. The molecule has 2 fully saturated rings. The number of fused-ring (bicyclic) bond motifs is 1. The maximum Gasteiger partial charge on any atom is 0.312 e. The zero-order valence-corrected chi connectivity index (χ0v) is 10.5. The number of nitrogens with zero attached hydrogens (tertiary/aromatic N) is 1. The van der Waals surface area contributed by atoms with Gasteiger partial charge in [0.25, 0.3) is 0 Å². The van der Waals surface area contributed by atoms with Gasteiger partial charge in [0, 0.05) is 17.8 Å². The Bertz CT molecular complexity index is 326. The van der Waals surface area contributed by atoms with Gasteiger partial charge in [-0.25, -0.2) is 4.39 Å². The molecule has 1 aliphatic heterocycles. The number of likely N-dealkylation sites (N-methyl/N-ethyl adjacent to an activating group) is 1. The van der Waals surface area contributed by atoms with Crippen molar-refractivity contribution in [2.24, 2.45) is 0 Å². The Morgan fingerprint density at radius 3 is 2.81 bits per heavy atom. The quantitative estimate of drug-likeness (QED) is 0.568. The molecule has 1 aliphatic carbocycles. The molecule has 1 N–H and O–H groups in total. The second-order valence-corrected chi connectivity index (χ2v) is 5.42. The standard InChI is InChI=1S/C10H14BrFN2O2/c1-2-14-8-4-6(12)5(11)3-7(8)13-9(15)10(14)16/h5-8H,2-4H2,1H3,(H,13,15). The lowest BCUT2D eigenvalue weighted by Crippen LogP contribution is -2.66. The third-order valence-electron chi connectivity index (χ3n) is 3.32. The van der Waals surface area contributed by atoms with Gasteiger partial charge in [-0.2, -0.15) is 0 Å². The normalized spacial score (nSPS) is 39.3. The lowest BCUT2D eigenvalue weighted by molar-refractivity contribution is -0.153. The highest BCUT2D eigenvalue weighted by Crippen LogP contribution is 2.32. The molecule has 4 nitrogen and oxygen atoms in total. The molecule has 6 heteroatoms. The molecule has 0 aromatic carbocycles. The lowest BCUT2D eigenvalue weighted by atomic mass is 9.86. The molecule has 1 saturated carbocycles. The van der Waals surface area contributed by atoms with E-state index in [9.17, 15) is 14.0 Å². The SMILES string of the molecule is CCN1C(=O)C(=O)NC2CC(Br)C(F)CC21. The summed E-state index contributed by atoms with van der Waals surface area (Å²) < 4.78 is 13.6. The summed E-state index contributed by atoms with van der Waals surface area (Å²) in [4.78, 5) is 24.2. The predicted octanol–water partition coefficient (Wildman–Crippen LogP) is 0.597. The minimum absolute atomic E-state index is 0.124. The number of rotatable bonds is 1. The van der Waals surface area contributed by atoms with Crippen molar-refractivity contribution in [3.05, 3.63) is 0 Å². The largest absolute Gasteiger partial charge is 0.343 e. The van der Waals surface area contributed by atoms with Gasteiger partial charge in [-0.15, -0.1) is 0 Å². The molecule has 0 aromatic rings. The summed E-state index contributed by atoms with van der Waals surface area (Å²) in [5.41, 5.74) is 0. The van der Waals surface area contributed by atoms with E-state index in [1.165, 1.54) is 4.90 Å². The van der Waals surface area contributed by atoms with Crippen molar-refractivity contribution in [1.82, 2.24) is 10.2 Å². The molecule has 1 saturated heterocycles. The van der Waals surface area contributed by atoms with Crippen LogP contribution in [0.5, 0.6) is 0 Å². The van der Waals surface area contributed by atoms with E-state index in [-0.39, 0.29) is 16.9 Å². The van der Waals surface area contributed by atoms with Gasteiger partial charge in [-0.1, -0.05) is 15.9 Å². The Hall–Kier alpha value is -0.650. The van der Waals surface area contributed by atoms with E-state index in [2.05, 4.69) is 21.2 Å². The van der Waals surface area contributed by atoms with Gasteiger partial charge in [0.1, 0.15) is 6.17 Å². The van der Waals surface area contributed by atoms with Crippen molar-refractivity contribution in [3.8, 4) is 0 Å². The second-order valence-electron chi connectivity index (χ2n) is 4.24. The number of carbonyl (C=O) groups excluding carboxylic acids is 2. The van der Waals surface area contributed by atoms with Gasteiger partial charge in [-0.3, -0.25) is 9.59 Å². The minimum Gasteiger partial charge on any atom is -0.343 e. The van der Waals surface area contributed by atoms with Crippen LogP contribution in [-0.2, 0) is 9.59 Å². The summed E-state index contributed by atoms with van der Waals surface area (Å²) in [6, 6.07) is -0.319. The molecule has 2 rings (SSSR count). The van der Waals surface area contributed by atoms with Crippen LogP contribution in [0.1, 0.15) is 19.8 Å². The Morgan fingerprint density at radius 1 is 1.50 bits per heavy atom. The highest BCUT2D eigenvalue weighted by atomic mass is 79.9. The third kappa shape index (κ3) is 1.83. The van der Waals surface area contributed by atoms with Crippen LogP contribution in [0.3, 0.4) is 0 Å². The first-order valence-corrected chi connectivity index (χ1v) is 6.35. The molecule has 4 atom stereocenters. The molecule has 0 spiro atoms. The van der Waals surface area contributed by atoms with E-state index in [1.54, 1.807) is 6.92 Å². The van der Waals surface area contributed by atoms with Gasteiger partial charge in [-0.05, 0) is 13.3 Å². The Morgan fingerprint density at radius 2 is 2.19 bits per heavy atom. The van der Waals surface area contributed by atoms with Gasteiger partial charge in [0.15, 0.2) is 0 Å². The number of hydrogen-bond acceptors (Lipinski definition) is 2. The summed E-state index contributed by atoms with van der Waals surface area (Å²) in [6.45, 7) is 2.26. The van der Waals surface area contributed by atoms with Crippen LogP contribution in [0.4, 0.5) is 4.39 Å². The maximum absolute atomic E-state index is 13.6. The summed E-state index contributed by atoms with van der Waals surface area (Å²) in [5, 5.41) is 2.66. The van der Waals surface area contributed by atoms with Crippen LogP contribution in [0, 0.1) is 0 Å². The first kappa shape index (κ1) is 11.8. The first-order valence-electron chi connectivity index (χ1n) is 5.44. The number of nitrogens with one attached hydrogen (secondary N) is 1. The molecular weight excluding hydrogens is 279 g/mol. The van der Waals surface area contributed by atoms with E-state index in [4.69, 9.17) is 0 Å². The van der Waals surface area contributed by atoms with Crippen molar-refractivity contribution in [2.45, 2.75) is 42.8 Å². The van der Waals surface area contributed by atoms with E-state index in [1.807, 2.05) is 0 Å². The average Bonchev–Trinajstić information content (AvgIpc) is 2.24. The third-order valence-corrected chi connectivity index (χ3v) is 4.26. The van der Waals surface area contributed by atoms with Gasteiger partial charge in [0.2, 0.25) is 0 Å². The maximum atomic E-state index is 13.6. The predicted molar refractivity (Wildman–Crippen MR) is 60.0 cm³/mol. The molecule has 2 amide bonds. The fourth-order valence-electron chi connectivity index (χ4n) is 2.48. The molecule has 0 aromatic heterocycles. The van der Waals surface area contributed by atoms with E-state index >= 15 is 0 Å². The summed E-state index contributed by atoms with van der Waals surface area (Å²) >= 11 is 3.26. The Balaban J connectivity index is 2.20. The van der Waals surface area contributed by atoms with Crippen molar-refractivity contribution in [1.29, 1.82) is 0 Å². The van der Waals surface area contributed by atoms with E-state index < -0.39 is 18.0 Å². The van der Waals surface area contributed by atoms with Crippen LogP contribution >= 0.6 is 15.9 Å². The average molecular weight is 293 g/mol. The summed E-state index contributed by atoms with van der Waals surface area (Å²) in [5.74, 6) is -1.11. The number of carbonyl (C=O) groups is 2. The highest BCUT2D eigenvalue weighted by Gasteiger charge is 2.45. The van der Waals surface area contributed by atoms with Crippen LogP contribution < -0.4 is 5.32 Å². The van der Waals surface area contributed by atoms with Crippen molar-refractivity contribution in [2.75, 3.05) is 6.54 Å². The molecule has 4 unspecified atom stereocenters. The van der Waals surface area contributed by atoms with Gasteiger partial charge < -0.3 is 10.2 Å². The lowest BCUT2D eigenvalue weighted by Gasteiger charge is -2.45. The topological polar surface area (TPSA) is 49.4 Å². The van der Waals surface area contributed by atoms with E-state index in [0.717, 1.165) is 0 Å². The van der Waals surface area contributed by atoms with Crippen LogP contribution in [0.2, 0.25) is 0 Å². The summed E-state index contributed by atoms with van der Waals surface area (Å²) in [7, 11) is 0. The number of hydrogen-bond donors (Lipinski definition) is 1. The number of alkyl halides is 2. The molecule has 0 bridgehead atoms. The Labute approximate surface area is 102 Å². The van der Waals surface area contributed by atoms with Crippen LogP contribution in [0.15, 0.2) is 0 Å². The van der Waals surface area contributed by atoms with Gasteiger partial charge >= 0.3 is 11.8 Å². The fraction of sp³-hybridized carbons (Fsp3) is 0.800. The molecule has 16 heavy (non-hydrogen) atoms. The van der Waals surface area contributed by atoms with E-state index in [0.29, 0.717) is 19.4 Å². The minimum atomic E-state index is -0.960. The zero-order valence-electron chi connectivity index (χ0n) is 8.95. The first-order chi connectivity index (χ1) is 7.54. The molecule has 0 radical (unpaired) electrons. The summed E-state index contributed by atoms with van der Waals surface area (Å²) in [6.07, 6.45) is -0.139. The van der Waals surface area contributed by atoms with Crippen LogP contribution in [-0.4, -0.2) is 46.3 Å². The van der Waals surface area contributed by atoms with Crippen molar-refractivity contribution >= 4 is 27.7 Å². The highest BCUT2D eigenvalue weighted by molar-refractivity contribution is 9.09. The zero-order chi connectivity index (χ0) is 11.9. The molecule has 90 valence electrons. The molecular formula is C10H14BrFN2O2. The monoisotopic (exact) mass is 292 g/mol. The smallest absolute Gasteiger partial charge is 0.312 e. The second kappa shape index (κ2) is 4.31. The van der Waals surface area contributed by atoms with Crippen molar-refractivity contribution < 1.29 is 14.0 Å². The fourth-order valence-corrected chi connectivity index (χ4v) is 3.10. The Kier molecular flexibility index (Phi) is 3.19. The number of piperazine rings is 1. The number of halogens is 2. The molecule has 2 aliphatic rings. The van der Waals surface area contributed by atoms with Crippen LogP contribution in [0.25, 0.3) is 0 Å². The van der Waals surface area contributed by atoms with Crippen molar-refractivity contribution in [3.63, 3.8) is 0 Å². The van der Waals surface area contributed by atoms with Gasteiger partial charge in [0.05, 0.1) is 12.1 Å². The molecule has 1 heterocycles.